The first kappa shape index (κ1) is 12.8. The Kier molecular flexibility index (Phi) is 3.62. The molecule has 2 unspecified atom stereocenters. The molecule has 19 heavy (non-hydrogen) atoms. The van der Waals surface area contributed by atoms with E-state index in [1.165, 1.54) is 25.7 Å². The molecular formula is C14H22N2O3. The van der Waals surface area contributed by atoms with Gasteiger partial charge in [-0.15, -0.1) is 0 Å². The maximum Gasteiger partial charge on any atom is 0.407 e. The zero-order valence-corrected chi connectivity index (χ0v) is 11.3. The van der Waals surface area contributed by atoms with E-state index in [0.717, 1.165) is 25.9 Å². The van der Waals surface area contributed by atoms with Gasteiger partial charge >= 0.3 is 6.09 Å². The molecule has 2 atom stereocenters. The summed E-state index contributed by atoms with van der Waals surface area (Å²) in [6.45, 7) is 1.83. The number of rotatable bonds is 3. The molecule has 106 valence electrons. The zero-order valence-electron chi connectivity index (χ0n) is 11.3. The molecule has 0 aromatic carbocycles. The predicted octanol–water partition coefficient (Wildman–Crippen LogP) is 1.52. The van der Waals surface area contributed by atoms with E-state index in [2.05, 4.69) is 5.32 Å². The lowest BCUT2D eigenvalue weighted by molar-refractivity contribution is -0.129. The summed E-state index contributed by atoms with van der Waals surface area (Å²) in [7, 11) is 0. The van der Waals surface area contributed by atoms with Gasteiger partial charge in [-0.05, 0) is 37.5 Å². The molecule has 3 fully saturated rings. The van der Waals surface area contributed by atoms with Crippen molar-refractivity contribution in [2.45, 2.75) is 44.6 Å². The highest BCUT2D eigenvalue weighted by Crippen LogP contribution is 2.35. The molecule has 2 saturated carbocycles. The maximum absolute atomic E-state index is 12.1. The smallest absolute Gasteiger partial charge is 0.407 e. The lowest BCUT2D eigenvalue weighted by atomic mass is 9.82. The standard InChI is InChI=1S/C14H22N2O3/c17-13(7-15-14(18)19-12-5-6-12)16-8-10-3-1-2-4-11(10)9-16/h10-12H,1-9H2,(H,15,18). The quantitative estimate of drug-likeness (QED) is 0.842. The van der Waals surface area contributed by atoms with Gasteiger partial charge in [-0.25, -0.2) is 4.79 Å². The molecule has 5 nitrogen and oxygen atoms in total. The summed E-state index contributed by atoms with van der Waals surface area (Å²) in [4.78, 5) is 25.3. The number of hydrogen-bond donors (Lipinski definition) is 1. The first-order valence-electron chi connectivity index (χ1n) is 7.44. The van der Waals surface area contributed by atoms with Gasteiger partial charge in [0.05, 0.1) is 0 Å². The normalized spacial score (nSPS) is 29.8. The Bertz CT molecular complexity index is 354. The summed E-state index contributed by atoms with van der Waals surface area (Å²) in [6.07, 6.45) is 6.66. The molecule has 3 aliphatic rings. The SMILES string of the molecule is O=C(NCC(=O)N1CC2CCCCC2C1)OC1CC1. The number of hydrogen-bond acceptors (Lipinski definition) is 3. The Morgan fingerprint density at radius 1 is 1.05 bits per heavy atom. The molecule has 0 bridgehead atoms. The van der Waals surface area contributed by atoms with Gasteiger partial charge in [0.25, 0.3) is 0 Å². The van der Waals surface area contributed by atoms with Crippen LogP contribution in [0.25, 0.3) is 0 Å². The molecule has 1 saturated heterocycles. The fourth-order valence-corrected chi connectivity index (χ4v) is 3.25. The van der Waals surface area contributed by atoms with Gasteiger partial charge in [-0.1, -0.05) is 12.8 Å². The summed E-state index contributed by atoms with van der Waals surface area (Å²) in [5.74, 6) is 1.41. The average molecular weight is 266 g/mol. The van der Waals surface area contributed by atoms with E-state index in [0.29, 0.717) is 11.8 Å². The fourth-order valence-electron chi connectivity index (χ4n) is 3.25. The van der Waals surface area contributed by atoms with Crippen molar-refractivity contribution in [2.24, 2.45) is 11.8 Å². The molecule has 1 N–H and O–H groups in total. The van der Waals surface area contributed by atoms with Gasteiger partial charge in [-0.3, -0.25) is 4.79 Å². The number of nitrogens with zero attached hydrogens (tertiary/aromatic N) is 1. The summed E-state index contributed by atoms with van der Waals surface area (Å²) >= 11 is 0. The third-order valence-corrected chi connectivity index (χ3v) is 4.51. The molecule has 0 aromatic heterocycles. The van der Waals surface area contributed by atoms with Crippen LogP contribution in [-0.4, -0.2) is 42.6 Å². The second-order valence-electron chi connectivity index (χ2n) is 6.06. The van der Waals surface area contributed by atoms with Crippen LogP contribution in [-0.2, 0) is 9.53 Å². The largest absolute Gasteiger partial charge is 0.446 e. The summed E-state index contributed by atoms with van der Waals surface area (Å²) < 4.78 is 5.05. The van der Waals surface area contributed by atoms with Crippen LogP contribution in [0, 0.1) is 11.8 Å². The number of likely N-dealkylation sites (tertiary alicyclic amines) is 1. The fraction of sp³-hybridized carbons (Fsp3) is 0.857. The van der Waals surface area contributed by atoms with E-state index in [-0.39, 0.29) is 18.6 Å². The third-order valence-electron chi connectivity index (χ3n) is 4.51. The van der Waals surface area contributed by atoms with E-state index < -0.39 is 6.09 Å². The van der Waals surface area contributed by atoms with Gasteiger partial charge in [-0.2, -0.15) is 0 Å². The maximum atomic E-state index is 12.1. The highest BCUT2D eigenvalue weighted by Gasteiger charge is 2.36. The van der Waals surface area contributed by atoms with Crippen molar-refractivity contribution in [3.8, 4) is 0 Å². The Morgan fingerprint density at radius 2 is 1.68 bits per heavy atom. The zero-order chi connectivity index (χ0) is 13.2. The van der Waals surface area contributed by atoms with E-state index in [1.54, 1.807) is 0 Å². The predicted molar refractivity (Wildman–Crippen MR) is 69.5 cm³/mol. The molecule has 0 radical (unpaired) electrons. The molecule has 5 heteroatoms. The van der Waals surface area contributed by atoms with Crippen molar-refractivity contribution in [3.05, 3.63) is 0 Å². The number of nitrogens with one attached hydrogen (secondary N) is 1. The first-order valence-corrected chi connectivity index (χ1v) is 7.44. The monoisotopic (exact) mass is 266 g/mol. The topological polar surface area (TPSA) is 58.6 Å². The minimum Gasteiger partial charge on any atom is -0.446 e. The number of ether oxygens (including phenoxy) is 1. The number of amides is 2. The van der Waals surface area contributed by atoms with Crippen LogP contribution in [0.1, 0.15) is 38.5 Å². The van der Waals surface area contributed by atoms with Crippen molar-refractivity contribution in [1.82, 2.24) is 10.2 Å². The third kappa shape index (κ3) is 3.19. The van der Waals surface area contributed by atoms with Crippen LogP contribution in [0.2, 0.25) is 0 Å². The highest BCUT2D eigenvalue weighted by atomic mass is 16.6. The minimum absolute atomic E-state index is 0.0298. The van der Waals surface area contributed by atoms with Crippen LogP contribution in [0.4, 0.5) is 4.79 Å². The van der Waals surface area contributed by atoms with Crippen molar-refractivity contribution >= 4 is 12.0 Å². The van der Waals surface area contributed by atoms with Crippen LogP contribution < -0.4 is 5.32 Å². The number of alkyl carbamates (subject to hydrolysis) is 1. The van der Waals surface area contributed by atoms with Gasteiger partial charge in [0.15, 0.2) is 0 Å². The van der Waals surface area contributed by atoms with E-state index in [4.69, 9.17) is 4.74 Å². The van der Waals surface area contributed by atoms with Gasteiger partial charge < -0.3 is 15.0 Å². The van der Waals surface area contributed by atoms with Crippen molar-refractivity contribution < 1.29 is 14.3 Å². The molecule has 3 rings (SSSR count). The first-order chi connectivity index (χ1) is 9.22. The number of fused-ring (bicyclic) bond motifs is 1. The minimum atomic E-state index is -0.451. The second kappa shape index (κ2) is 5.39. The van der Waals surface area contributed by atoms with E-state index >= 15 is 0 Å². The average Bonchev–Trinajstić information content (AvgIpc) is 3.10. The Balaban J connectivity index is 1.41. The summed E-state index contributed by atoms with van der Waals surface area (Å²) in [6, 6.07) is 0. The Hall–Kier alpha value is -1.26. The molecule has 0 aromatic rings. The van der Waals surface area contributed by atoms with Crippen LogP contribution >= 0.6 is 0 Å². The summed E-state index contributed by atoms with van der Waals surface area (Å²) in [5.41, 5.74) is 0. The molecule has 0 spiro atoms. The van der Waals surface area contributed by atoms with Gasteiger partial charge in [0, 0.05) is 13.1 Å². The number of carbonyl (C=O) groups excluding carboxylic acids is 2. The van der Waals surface area contributed by atoms with Gasteiger partial charge in [0.2, 0.25) is 5.91 Å². The molecule has 1 heterocycles. The van der Waals surface area contributed by atoms with E-state index in [1.807, 2.05) is 4.90 Å². The Labute approximate surface area is 113 Å². The van der Waals surface area contributed by atoms with Crippen LogP contribution in [0.3, 0.4) is 0 Å². The Morgan fingerprint density at radius 3 is 2.26 bits per heavy atom. The van der Waals surface area contributed by atoms with Gasteiger partial charge in [0.1, 0.15) is 12.6 Å². The van der Waals surface area contributed by atoms with Crippen molar-refractivity contribution in [3.63, 3.8) is 0 Å². The number of carbonyl (C=O) groups is 2. The second-order valence-corrected chi connectivity index (χ2v) is 6.06. The van der Waals surface area contributed by atoms with Crippen molar-refractivity contribution in [2.75, 3.05) is 19.6 Å². The summed E-state index contributed by atoms with van der Waals surface area (Å²) in [5, 5.41) is 2.56. The highest BCUT2D eigenvalue weighted by molar-refractivity contribution is 5.82. The van der Waals surface area contributed by atoms with Crippen LogP contribution in [0.15, 0.2) is 0 Å². The van der Waals surface area contributed by atoms with Crippen molar-refractivity contribution in [1.29, 1.82) is 0 Å². The molecule has 2 aliphatic carbocycles. The lowest BCUT2D eigenvalue weighted by Gasteiger charge is -2.22. The van der Waals surface area contributed by atoms with E-state index in [9.17, 15) is 9.59 Å². The lowest BCUT2D eigenvalue weighted by Crippen LogP contribution is -2.39. The van der Waals surface area contributed by atoms with Crippen LogP contribution in [0.5, 0.6) is 0 Å². The molecule has 2 amide bonds. The molecular weight excluding hydrogens is 244 g/mol. The molecule has 1 aliphatic heterocycles.